The van der Waals surface area contributed by atoms with Gasteiger partial charge in [-0.1, -0.05) is 19.4 Å². The number of rotatable bonds is 7. The molecule has 0 spiro atoms. The first-order valence-electron chi connectivity index (χ1n) is 4.74. The Kier molecular flexibility index (Phi) is 9.31. The number of ether oxygens (including phenoxy) is 3. The summed E-state index contributed by atoms with van der Waals surface area (Å²) in [6.07, 6.45) is 5.09. The van der Waals surface area contributed by atoms with Crippen molar-refractivity contribution in [3.05, 3.63) is 12.2 Å². The van der Waals surface area contributed by atoms with Gasteiger partial charge in [0.05, 0.1) is 13.7 Å². The highest BCUT2D eigenvalue weighted by molar-refractivity contribution is 5.59. The van der Waals surface area contributed by atoms with Crippen LogP contribution in [0.2, 0.25) is 0 Å². The molecule has 0 amide bonds. The van der Waals surface area contributed by atoms with Gasteiger partial charge >= 0.3 is 6.16 Å². The van der Waals surface area contributed by atoms with Gasteiger partial charge in [-0.25, -0.2) is 4.79 Å². The number of unbranched alkanes of at least 4 members (excludes halogenated alkanes) is 1. The molecule has 0 saturated heterocycles. The monoisotopic (exact) mass is 202 g/mol. The largest absolute Gasteiger partial charge is 0.508 e. The van der Waals surface area contributed by atoms with Crippen LogP contribution in [0.25, 0.3) is 0 Å². The van der Waals surface area contributed by atoms with E-state index in [2.05, 4.69) is 16.4 Å². The first-order valence-corrected chi connectivity index (χ1v) is 4.74. The second-order valence-electron chi connectivity index (χ2n) is 2.67. The quantitative estimate of drug-likeness (QED) is 0.360. The highest BCUT2D eigenvalue weighted by Gasteiger charge is 1.95. The van der Waals surface area contributed by atoms with Crippen LogP contribution in [-0.4, -0.2) is 33.1 Å². The topological polar surface area (TPSA) is 44.8 Å². The highest BCUT2D eigenvalue weighted by atomic mass is 16.7. The Morgan fingerprint density at radius 2 is 2.00 bits per heavy atom. The average Bonchev–Trinajstić information content (AvgIpc) is 2.21. The maximum Gasteiger partial charge on any atom is 0.508 e. The molecule has 0 bridgehead atoms. The molecule has 0 unspecified atom stereocenters. The molecule has 0 saturated carbocycles. The van der Waals surface area contributed by atoms with E-state index in [0.29, 0.717) is 6.61 Å². The van der Waals surface area contributed by atoms with Crippen molar-refractivity contribution in [2.75, 3.05) is 26.9 Å². The van der Waals surface area contributed by atoms with Gasteiger partial charge in [0.25, 0.3) is 0 Å². The molecule has 0 aromatic rings. The summed E-state index contributed by atoms with van der Waals surface area (Å²) < 4.78 is 14.1. The van der Waals surface area contributed by atoms with Gasteiger partial charge in [-0.15, -0.1) is 0 Å². The normalized spacial score (nSPS) is 10.4. The van der Waals surface area contributed by atoms with Crippen molar-refractivity contribution < 1.29 is 19.0 Å². The summed E-state index contributed by atoms with van der Waals surface area (Å²) in [5.41, 5.74) is 0. The number of carbonyl (C=O) groups is 1. The molecule has 4 heteroatoms. The fraction of sp³-hybridized carbons (Fsp3) is 0.700. The van der Waals surface area contributed by atoms with Crippen LogP contribution in [0.1, 0.15) is 19.8 Å². The minimum atomic E-state index is -0.665. The lowest BCUT2D eigenvalue weighted by molar-refractivity contribution is 0.0815. The van der Waals surface area contributed by atoms with Crippen LogP contribution in [0.3, 0.4) is 0 Å². The fourth-order valence-electron chi connectivity index (χ4n) is 0.709. The molecular formula is C10H18O4. The van der Waals surface area contributed by atoms with Crippen molar-refractivity contribution in [1.82, 2.24) is 0 Å². The lowest BCUT2D eigenvalue weighted by atomic mass is 10.4. The molecule has 82 valence electrons. The van der Waals surface area contributed by atoms with Crippen LogP contribution >= 0.6 is 0 Å². The van der Waals surface area contributed by atoms with Crippen LogP contribution in [0.4, 0.5) is 4.79 Å². The van der Waals surface area contributed by atoms with Crippen molar-refractivity contribution in [3.63, 3.8) is 0 Å². The smallest absolute Gasteiger partial charge is 0.438 e. The minimum absolute atomic E-state index is 0.226. The summed E-state index contributed by atoms with van der Waals surface area (Å²) in [6, 6.07) is 0. The summed E-state index contributed by atoms with van der Waals surface area (Å²) in [7, 11) is 1.28. The molecule has 0 N–H and O–H groups in total. The second-order valence-corrected chi connectivity index (χ2v) is 2.67. The summed E-state index contributed by atoms with van der Waals surface area (Å²) in [5, 5.41) is 0. The van der Waals surface area contributed by atoms with E-state index in [1.807, 2.05) is 6.08 Å². The Balaban J connectivity index is 3.15. The van der Waals surface area contributed by atoms with Crippen LogP contribution < -0.4 is 0 Å². The van der Waals surface area contributed by atoms with Gasteiger partial charge in [0.1, 0.15) is 6.61 Å². The Hall–Kier alpha value is -1.03. The molecule has 0 aromatic heterocycles. The van der Waals surface area contributed by atoms with E-state index in [4.69, 9.17) is 4.74 Å². The van der Waals surface area contributed by atoms with Crippen LogP contribution in [0, 0.1) is 0 Å². The number of hydrogen-bond donors (Lipinski definition) is 0. The van der Waals surface area contributed by atoms with E-state index in [-0.39, 0.29) is 6.61 Å². The van der Waals surface area contributed by atoms with E-state index < -0.39 is 6.16 Å². The predicted molar refractivity (Wildman–Crippen MR) is 53.2 cm³/mol. The van der Waals surface area contributed by atoms with E-state index >= 15 is 0 Å². The molecular weight excluding hydrogens is 184 g/mol. The molecule has 0 aliphatic rings. The van der Waals surface area contributed by atoms with E-state index in [1.165, 1.54) is 7.11 Å². The summed E-state index contributed by atoms with van der Waals surface area (Å²) >= 11 is 0. The zero-order valence-electron chi connectivity index (χ0n) is 8.82. The lowest BCUT2D eigenvalue weighted by Crippen LogP contribution is -2.03. The first kappa shape index (κ1) is 13.0. The van der Waals surface area contributed by atoms with Crippen molar-refractivity contribution >= 4 is 6.16 Å². The zero-order valence-corrected chi connectivity index (χ0v) is 8.82. The Bertz CT molecular complexity index is 166. The minimum Gasteiger partial charge on any atom is -0.438 e. The standard InChI is InChI=1S/C10H18O4/c1-3-4-7-13-8-5-6-9-14-10(11)12-2/h5-6H,3-4,7-9H2,1-2H3/b6-5-. The van der Waals surface area contributed by atoms with Crippen LogP contribution in [0.15, 0.2) is 12.2 Å². The zero-order chi connectivity index (χ0) is 10.6. The maximum atomic E-state index is 10.5. The molecule has 0 heterocycles. The van der Waals surface area contributed by atoms with Gasteiger partial charge in [0.15, 0.2) is 0 Å². The molecule has 0 aliphatic heterocycles. The number of carbonyl (C=O) groups excluding carboxylic acids is 1. The van der Waals surface area contributed by atoms with Crippen molar-refractivity contribution in [1.29, 1.82) is 0 Å². The van der Waals surface area contributed by atoms with Gasteiger partial charge in [-0.05, 0) is 12.5 Å². The third-order valence-corrected chi connectivity index (χ3v) is 1.49. The Labute approximate surface area is 84.8 Å². The summed E-state index contributed by atoms with van der Waals surface area (Å²) in [5.74, 6) is 0. The average molecular weight is 202 g/mol. The molecule has 0 aliphatic carbocycles. The second kappa shape index (κ2) is 10.1. The van der Waals surface area contributed by atoms with E-state index in [9.17, 15) is 4.79 Å². The molecule has 14 heavy (non-hydrogen) atoms. The first-order chi connectivity index (χ1) is 6.81. The van der Waals surface area contributed by atoms with Gasteiger partial charge in [0, 0.05) is 6.61 Å². The van der Waals surface area contributed by atoms with Gasteiger partial charge in [-0.3, -0.25) is 0 Å². The maximum absolute atomic E-state index is 10.5. The molecule has 0 radical (unpaired) electrons. The van der Waals surface area contributed by atoms with Crippen molar-refractivity contribution in [2.45, 2.75) is 19.8 Å². The molecule has 0 rings (SSSR count). The fourth-order valence-corrected chi connectivity index (χ4v) is 0.709. The van der Waals surface area contributed by atoms with Gasteiger partial charge in [0.2, 0.25) is 0 Å². The van der Waals surface area contributed by atoms with Gasteiger partial charge in [-0.2, -0.15) is 0 Å². The predicted octanol–water partition coefficient (Wildman–Crippen LogP) is 2.14. The van der Waals surface area contributed by atoms with E-state index in [0.717, 1.165) is 19.4 Å². The number of hydrogen-bond acceptors (Lipinski definition) is 4. The van der Waals surface area contributed by atoms with Crippen LogP contribution in [-0.2, 0) is 14.2 Å². The van der Waals surface area contributed by atoms with Gasteiger partial charge < -0.3 is 14.2 Å². The molecule has 0 fully saturated rings. The number of methoxy groups -OCH3 is 1. The highest BCUT2D eigenvalue weighted by Crippen LogP contribution is 1.88. The van der Waals surface area contributed by atoms with E-state index in [1.54, 1.807) is 6.08 Å². The Morgan fingerprint density at radius 1 is 1.29 bits per heavy atom. The molecule has 0 atom stereocenters. The third kappa shape index (κ3) is 9.06. The van der Waals surface area contributed by atoms with Crippen molar-refractivity contribution in [3.8, 4) is 0 Å². The summed E-state index contributed by atoms with van der Waals surface area (Å²) in [6.45, 7) is 3.68. The van der Waals surface area contributed by atoms with Crippen LogP contribution in [0.5, 0.6) is 0 Å². The lowest BCUT2D eigenvalue weighted by Gasteiger charge is -1.99. The molecule has 4 nitrogen and oxygen atoms in total. The molecule has 0 aromatic carbocycles. The summed E-state index contributed by atoms with van der Waals surface area (Å²) in [4.78, 5) is 10.5. The SMILES string of the molecule is CCCCOC/C=C\COC(=O)OC. The third-order valence-electron chi connectivity index (χ3n) is 1.49. The Morgan fingerprint density at radius 3 is 2.64 bits per heavy atom. The van der Waals surface area contributed by atoms with Crippen molar-refractivity contribution in [2.24, 2.45) is 0 Å².